The Labute approximate surface area is 85.5 Å². The highest BCUT2D eigenvalue weighted by Crippen LogP contribution is 2.36. The molecule has 78 valence electrons. The fraction of sp³-hybridized carbons (Fsp3) is 0.818. The number of rotatable bonds is 5. The maximum Gasteiger partial charge on any atom is 0.224 e. The van der Waals surface area contributed by atoms with Crippen LogP contribution in [0.3, 0.4) is 0 Å². The van der Waals surface area contributed by atoms with Crippen LogP contribution in [0.15, 0.2) is 0 Å². The number of hydrogen-bond acceptors (Lipinski definition) is 2. The van der Waals surface area contributed by atoms with E-state index in [9.17, 15) is 4.79 Å². The summed E-state index contributed by atoms with van der Waals surface area (Å²) in [5.74, 6) is 0.700. The first-order valence-corrected chi connectivity index (χ1v) is 5.39. The zero-order valence-electron chi connectivity index (χ0n) is 8.92. The van der Waals surface area contributed by atoms with Crippen LogP contribution in [0.2, 0.25) is 0 Å². The number of amides is 1. The van der Waals surface area contributed by atoms with Crippen molar-refractivity contribution in [1.82, 2.24) is 5.32 Å². The highest BCUT2D eigenvalue weighted by atomic mass is 16.1. The Morgan fingerprint density at radius 3 is 2.71 bits per heavy atom. The molecule has 14 heavy (non-hydrogen) atoms. The molecular formula is C11H18N2O. The average Bonchev–Trinajstić information content (AvgIpc) is 2.99. The lowest BCUT2D eigenvalue weighted by Gasteiger charge is -2.14. The molecule has 0 aromatic rings. The van der Waals surface area contributed by atoms with Gasteiger partial charge in [0.1, 0.15) is 6.04 Å². The molecule has 0 aromatic carbocycles. The Hall–Kier alpha value is -1.04. The summed E-state index contributed by atoms with van der Waals surface area (Å²) in [6.45, 7) is 3.97. The van der Waals surface area contributed by atoms with Crippen LogP contribution < -0.4 is 5.32 Å². The summed E-state index contributed by atoms with van der Waals surface area (Å²) in [5.41, 5.74) is 0. The van der Waals surface area contributed by atoms with Crippen molar-refractivity contribution in [2.24, 2.45) is 11.8 Å². The number of carbonyl (C=O) groups is 1. The molecular weight excluding hydrogens is 176 g/mol. The third kappa shape index (κ3) is 3.02. The summed E-state index contributed by atoms with van der Waals surface area (Å²) < 4.78 is 0. The molecule has 0 spiro atoms. The molecule has 1 aliphatic rings. The van der Waals surface area contributed by atoms with Gasteiger partial charge < -0.3 is 5.32 Å². The summed E-state index contributed by atoms with van der Waals surface area (Å²) >= 11 is 0. The predicted octanol–water partition coefficient (Wildman–Crippen LogP) is 1.84. The normalized spacial score (nSPS) is 19.5. The van der Waals surface area contributed by atoms with Crippen LogP contribution in [0.1, 0.15) is 39.5 Å². The SMILES string of the molecule is CCCC(C#N)NC(=O)C(C)C1CC1. The van der Waals surface area contributed by atoms with E-state index in [2.05, 4.69) is 11.4 Å². The van der Waals surface area contributed by atoms with Gasteiger partial charge in [-0.15, -0.1) is 0 Å². The van der Waals surface area contributed by atoms with Gasteiger partial charge in [-0.3, -0.25) is 4.79 Å². The monoisotopic (exact) mass is 194 g/mol. The molecule has 0 aliphatic heterocycles. The van der Waals surface area contributed by atoms with E-state index in [1.807, 2.05) is 13.8 Å². The van der Waals surface area contributed by atoms with Crippen LogP contribution in [0.5, 0.6) is 0 Å². The van der Waals surface area contributed by atoms with Crippen molar-refractivity contribution in [1.29, 1.82) is 5.26 Å². The van der Waals surface area contributed by atoms with Crippen LogP contribution >= 0.6 is 0 Å². The van der Waals surface area contributed by atoms with Gasteiger partial charge in [0.05, 0.1) is 6.07 Å². The molecule has 1 amide bonds. The minimum atomic E-state index is -0.298. The van der Waals surface area contributed by atoms with Crippen molar-refractivity contribution >= 4 is 5.91 Å². The van der Waals surface area contributed by atoms with Crippen LogP contribution in [0.4, 0.5) is 0 Å². The van der Waals surface area contributed by atoms with E-state index < -0.39 is 0 Å². The van der Waals surface area contributed by atoms with Crippen LogP contribution in [-0.4, -0.2) is 11.9 Å². The second-order valence-electron chi connectivity index (χ2n) is 4.11. The van der Waals surface area contributed by atoms with Gasteiger partial charge in [-0.2, -0.15) is 5.26 Å². The minimum absolute atomic E-state index is 0.0486. The fourth-order valence-corrected chi connectivity index (χ4v) is 1.57. The molecule has 0 saturated heterocycles. The second-order valence-corrected chi connectivity index (χ2v) is 4.11. The third-order valence-corrected chi connectivity index (χ3v) is 2.79. The molecule has 1 saturated carbocycles. The average molecular weight is 194 g/mol. The first-order chi connectivity index (χ1) is 6.69. The van der Waals surface area contributed by atoms with Crippen molar-refractivity contribution < 1.29 is 4.79 Å². The van der Waals surface area contributed by atoms with Crippen molar-refractivity contribution in [2.45, 2.75) is 45.6 Å². The summed E-state index contributed by atoms with van der Waals surface area (Å²) in [6.07, 6.45) is 4.01. The van der Waals surface area contributed by atoms with Gasteiger partial charge in [-0.05, 0) is 25.2 Å². The molecule has 0 heterocycles. The highest BCUT2D eigenvalue weighted by molar-refractivity contribution is 5.79. The Morgan fingerprint density at radius 1 is 1.64 bits per heavy atom. The first-order valence-electron chi connectivity index (χ1n) is 5.39. The summed E-state index contributed by atoms with van der Waals surface area (Å²) in [5, 5.41) is 11.6. The molecule has 1 fully saturated rings. The van der Waals surface area contributed by atoms with Gasteiger partial charge in [0.15, 0.2) is 0 Å². The van der Waals surface area contributed by atoms with E-state index in [0.29, 0.717) is 5.92 Å². The lowest BCUT2D eigenvalue weighted by Crippen LogP contribution is -2.37. The van der Waals surface area contributed by atoms with E-state index in [0.717, 1.165) is 12.8 Å². The van der Waals surface area contributed by atoms with Crippen molar-refractivity contribution in [3.63, 3.8) is 0 Å². The van der Waals surface area contributed by atoms with E-state index in [4.69, 9.17) is 5.26 Å². The highest BCUT2D eigenvalue weighted by Gasteiger charge is 2.33. The number of nitrogens with zero attached hydrogens (tertiary/aromatic N) is 1. The van der Waals surface area contributed by atoms with Crippen LogP contribution in [-0.2, 0) is 4.79 Å². The summed E-state index contributed by atoms with van der Waals surface area (Å²) in [7, 11) is 0. The van der Waals surface area contributed by atoms with Gasteiger partial charge in [-0.1, -0.05) is 20.3 Å². The number of nitrogens with one attached hydrogen (secondary N) is 1. The van der Waals surface area contributed by atoms with Crippen molar-refractivity contribution in [3.05, 3.63) is 0 Å². The summed E-state index contributed by atoms with van der Waals surface area (Å²) in [4.78, 5) is 11.6. The van der Waals surface area contributed by atoms with Gasteiger partial charge in [0.2, 0.25) is 5.91 Å². The van der Waals surface area contributed by atoms with E-state index in [1.165, 1.54) is 12.8 Å². The number of hydrogen-bond donors (Lipinski definition) is 1. The maximum atomic E-state index is 11.6. The largest absolute Gasteiger partial charge is 0.340 e. The van der Waals surface area contributed by atoms with Gasteiger partial charge in [0.25, 0.3) is 0 Å². The number of nitriles is 1. The molecule has 0 radical (unpaired) electrons. The van der Waals surface area contributed by atoms with Crippen molar-refractivity contribution in [3.8, 4) is 6.07 Å². The fourth-order valence-electron chi connectivity index (χ4n) is 1.57. The number of carbonyl (C=O) groups excluding carboxylic acids is 1. The van der Waals surface area contributed by atoms with Crippen molar-refractivity contribution in [2.75, 3.05) is 0 Å². The Morgan fingerprint density at radius 2 is 2.29 bits per heavy atom. The first kappa shape index (κ1) is 11.0. The minimum Gasteiger partial charge on any atom is -0.340 e. The standard InChI is InChI=1S/C11H18N2O/c1-3-4-10(7-12)13-11(14)8(2)9-5-6-9/h8-10H,3-6H2,1-2H3,(H,13,14). The lowest BCUT2D eigenvalue weighted by atomic mass is 10.0. The molecule has 3 heteroatoms. The van der Waals surface area contributed by atoms with Crippen LogP contribution in [0, 0.1) is 23.2 Å². The molecule has 1 rings (SSSR count). The molecule has 3 nitrogen and oxygen atoms in total. The van der Waals surface area contributed by atoms with Gasteiger partial charge in [-0.25, -0.2) is 0 Å². The third-order valence-electron chi connectivity index (χ3n) is 2.79. The van der Waals surface area contributed by atoms with E-state index in [1.54, 1.807) is 0 Å². The van der Waals surface area contributed by atoms with E-state index in [-0.39, 0.29) is 17.9 Å². The molecule has 0 bridgehead atoms. The Balaban J connectivity index is 2.33. The molecule has 1 aliphatic carbocycles. The van der Waals surface area contributed by atoms with E-state index >= 15 is 0 Å². The topological polar surface area (TPSA) is 52.9 Å². The summed E-state index contributed by atoms with van der Waals surface area (Å²) in [6, 6.07) is 1.82. The second kappa shape index (κ2) is 4.99. The quantitative estimate of drug-likeness (QED) is 0.726. The lowest BCUT2D eigenvalue weighted by molar-refractivity contribution is -0.125. The van der Waals surface area contributed by atoms with Crippen LogP contribution in [0.25, 0.3) is 0 Å². The Kier molecular flexibility index (Phi) is 3.94. The van der Waals surface area contributed by atoms with Gasteiger partial charge >= 0.3 is 0 Å². The Bertz CT molecular complexity index is 240. The molecule has 0 aromatic heterocycles. The van der Waals surface area contributed by atoms with Gasteiger partial charge in [0, 0.05) is 5.92 Å². The predicted molar refractivity (Wildman–Crippen MR) is 54.3 cm³/mol. The molecule has 2 atom stereocenters. The zero-order chi connectivity index (χ0) is 10.6. The maximum absolute atomic E-state index is 11.6. The molecule has 1 N–H and O–H groups in total. The molecule has 2 unspecified atom stereocenters. The zero-order valence-corrected chi connectivity index (χ0v) is 8.92. The smallest absolute Gasteiger partial charge is 0.224 e.